The molecule has 0 amide bonds. The molecule has 0 saturated carbocycles. The Bertz CT molecular complexity index is 7.80. The topological polar surface area (TPSA) is 292 Å². The molecule has 86 valence electrons. The zero-order valence-corrected chi connectivity index (χ0v) is 4.89. The zero-order chi connectivity index (χ0) is 2.00. The monoisotopic (exact) mass is 358 g/mol. The van der Waals surface area contributed by atoms with Gasteiger partial charge in [-0.15, -0.1) is 0 Å². The molecular formula is H22O10Sr2. The summed E-state index contributed by atoms with van der Waals surface area (Å²) in [7, 11) is 0. The molecule has 0 aromatic rings. The van der Waals surface area contributed by atoms with E-state index >= 15 is 0 Å². The maximum absolute atomic E-state index is 6.00. The molecular weight excluding hydrogens is 335 g/mol. The zero-order valence-electron chi connectivity index (χ0n) is 4.89. The van der Waals surface area contributed by atoms with E-state index < -0.39 is 0 Å². The first-order valence-corrected chi connectivity index (χ1v) is 0.200. The van der Waals surface area contributed by atoms with Crippen LogP contribution in [0.1, 0.15) is 0 Å². The van der Waals surface area contributed by atoms with Crippen molar-refractivity contribution in [2.45, 2.75) is 0 Å². The van der Waals surface area contributed by atoms with Crippen LogP contribution in [0.25, 0.3) is 0 Å². The molecule has 10 nitrogen and oxygen atoms in total. The summed E-state index contributed by atoms with van der Waals surface area (Å²) in [6, 6.07) is 0. The van der Waals surface area contributed by atoms with E-state index in [1.165, 1.54) is 0 Å². The predicted octanol–water partition coefficient (Wildman–Crippen LogP) is -8.41. The van der Waals surface area contributed by atoms with Crippen molar-refractivity contribution in [3.05, 3.63) is 0 Å². The van der Waals surface area contributed by atoms with Crippen molar-refractivity contribution in [1.82, 2.24) is 0 Å². The SMILES string of the molecule is O.O.O.O.O.O.O.O.OO.[SrH2].[SrH2]. The van der Waals surface area contributed by atoms with Gasteiger partial charge in [0.15, 0.2) is 0 Å². The second-order valence-electron chi connectivity index (χ2n) is 0. The van der Waals surface area contributed by atoms with E-state index in [9.17, 15) is 0 Å². The second-order valence-corrected chi connectivity index (χ2v) is 0. The molecule has 0 heterocycles. The summed E-state index contributed by atoms with van der Waals surface area (Å²) in [5.41, 5.74) is 0. The molecule has 0 rings (SSSR count). The van der Waals surface area contributed by atoms with E-state index in [-0.39, 0.29) is 135 Å². The van der Waals surface area contributed by atoms with E-state index in [0.29, 0.717) is 0 Å². The van der Waals surface area contributed by atoms with E-state index in [4.69, 9.17) is 10.5 Å². The molecule has 0 saturated heterocycles. The fraction of sp³-hybridized carbons (Fsp3) is 0. The van der Waals surface area contributed by atoms with Crippen LogP contribution in [-0.2, 0) is 0 Å². The molecule has 0 atom stereocenters. The summed E-state index contributed by atoms with van der Waals surface area (Å²) >= 11 is 0. The molecule has 0 aliphatic carbocycles. The maximum atomic E-state index is 6.00. The molecule has 0 unspecified atom stereocenters. The Morgan fingerprint density at radius 2 is 0.333 bits per heavy atom. The number of hydrogen-bond donors (Lipinski definition) is 2. The Morgan fingerprint density at radius 3 is 0.333 bits per heavy atom. The molecule has 0 bridgehead atoms. The van der Waals surface area contributed by atoms with E-state index in [0.717, 1.165) is 0 Å². The standard InChI is InChI=1S/H2O2.8H2O.2Sr.4H/c1-2;;;;;;;;;;;;;;/h1-2H;8*1H2;;;;;;. The van der Waals surface area contributed by atoms with Crippen molar-refractivity contribution in [2.75, 3.05) is 0 Å². The fourth-order valence-electron chi connectivity index (χ4n) is 0. The summed E-state index contributed by atoms with van der Waals surface area (Å²) in [6.45, 7) is 0. The third-order valence-electron chi connectivity index (χ3n) is 0. The van der Waals surface area contributed by atoms with Gasteiger partial charge >= 0.3 is 91.0 Å². The van der Waals surface area contributed by atoms with Crippen LogP contribution in [0.2, 0.25) is 0 Å². The minimum absolute atomic E-state index is 0. The quantitative estimate of drug-likeness (QED) is 0.242. The Labute approximate surface area is 143 Å². The van der Waals surface area contributed by atoms with Gasteiger partial charge in [0.1, 0.15) is 0 Å². The van der Waals surface area contributed by atoms with Gasteiger partial charge in [-0.1, -0.05) is 0 Å². The molecule has 0 fully saturated rings. The van der Waals surface area contributed by atoms with Crippen LogP contribution in [0.15, 0.2) is 0 Å². The average molecular weight is 357 g/mol. The molecule has 0 aliphatic heterocycles. The Hall–Kier alpha value is 2.56. The van der Waals surface area contributed by atoms with Crippen molar-refractivity contribution in [3.63, 3.8) is 0 Å². The number of hydrogen-bond acceptors (Lipinski definition) is 2. The summed E-state index contributed by atoms with van der Waals surface area (Å²) in [6.07, 6.45) is 0. The number of rotatable bonds is 0. The summed E-state index contributed by atoms with van der Waals surface area (Å²) in [5, 5.41) is 12.0. The summed E-state index contributed by atoms with van der Waals surface area (Å²) < 4.78 is 0. The Kier molecular flexibility index (Phi) is 5740. The van der Waals surface area contributed by atoms with Crippen LogP contribution in [-0.4, -0.2) is 145 Å². The van der Waals surface area contributed by atoms with Gasteiger partial charge in [-0.2, -0.15) is 0 Å². The molecule has 12 heteroatoms. The van der Waals surface area contributed by atoms with Crippen molar-refractivity contribution in [1.29, 1.82) is 0 Å². The van der Waals surface area contributed by atoms with E-state index in [2.05, 4.69) is 0 Å². The third kappa shape index (κ3) is 256. The minimum atomic E-state index is 0. The first-order valence-electron chi connectivity index (χ1n) is 0.200. The first kappa shape index (κ1) is 211. The molecule has 0 aromatic carbocycles. The van der Waals surface area contributed by atoms with Crippen molar-refractivity contribution < 1.29 is 54.3 Å². The molecule has 0 radical (unpaired) electrons. The van der Waals surface area contributed by atoms with Crippen molar-refractivity contribution in [3.8, 4) is 0 Å². The van der Waals surface area contributed by atoms with Crippen molar-refractivity contribution >= 4 is 91.0 Å². The van der Waals surface area contributed by atoms with Gasteiger partial charge in [0.05, 0.1) is 0 Å². The van der Waals surface area contributed by atoms with Gasteiger partial charge in [-0.3, -0.25) is 10.5 Å². The second kappa shape index (κ2) is 326. The van der Waals surface area contributed by atoms with Crippen LogP contribution < -0.4 is 0 Å². The summed E-state index contributed by atoms with van der Waals surface area (Å²) in [4.78, 5) is 0. The molecule has 0 spiro atoms. The van der Waals surface area contributed by atoms with Gasteiger partial charge in [-0.25, -0.2) is 0 Å². The van der Waals surface area contributed by atoms with Crippen LogP contribution >= 0.6 is 0 Å². The fourth-order valence-corrected chi connectivity index (χ4v) is 0. The van der Waals surface area contributed by atoms with Crippen LogP contribution in [0.3, 0.4) is 0 Å². The normalized spacial score (nSPS) is 0.500. The third-order valence-corrected chi connectivity index (χ3v) is 0. The van der Waals surface area contributed by atoms with Crippen molar-refractivity contribution in [2.24, 2.45) is 0 Å². The van der Waals surface area contributed by atoms with Crippen LogP contribution in [0, 0.1) is 0 Å². The Balaban J connectivity index is -0.000000000111. The Morgan fingerprint density at radius 1 is 0.333 bits per heavy atom. The van der Waals surface area contributed by atoms with Gasteiger partial charge in [-0.05, 0) is 0 Å². The first-order chi connectivity index (χ1) is 1.00. The molecule has 0 aromatic heterocycles. The van der Waals surface area contributed by atoms with Gasteiger partial charge in [0.25, 0.3) is 0 Å². The molecule has 0 aliphatic rings. The average Bonchev–Trinajstić information content (AvgIpc) is 1.00. The van der Waals surface area contributed by atoms with Gasteiger partial charge in [0, 0.05) is 0 Å². The molecule has 18 N–H and O–H groups in total. The van der Waals surface area contributed by atoms with Gasteiger partial charge in [0.2, 0.25) is 0 Å². The van der Waals surface area contributed by atoms with Crippen LogP contribution in [0.4, 0.5) is 0 Å². The summed E-state index contributed by atoms with van der Waals surface area (Å²) in [5.74, 6) is 0. The molecule has 12 heavy (non-hydrogen) atoms. The van der Waals surface area contributed by atoms with E-state index in [1.54, 1.807) is 0 Å². The van der Waals surface area contributed by atoms with Crippen LogP contribution in [0.5, 0.6) is 0 Å². The van der Waals surface area contributed by atoms with E-state index in [1.807, 2.05) is 0 Å². The predicted molar refractivity (Wildman–Crippen MR) is 51.3 cm³/mol. The van der Waals surface area contributed by atoms with Gasteiger partial charge < -0.3 is 43.8 Å².